The van der Waals surface area contributed by atoms with Crippen molar-refractivity contribution < 1.29 is 5.11 Å². The van der Waals surface area contributed by atoms with Gasteiger partial charge in [0.2, 0.25) is 0 Å². The van der Waals surface area contributed by atoms with Crippen molar-refractivity contribution >= 4 is 11.5 Å². The molecule has 1 aliphatic carbocycles. The first-order valence-corrected chi connectivity index (χ1v) is 11.0. The Balaban J connectivity index is 1.61. The van der Waals surface area contributed by atoms with Gasteiger partial charge in [-0.3, -0.25) is 0 Å². The number of nitrogens with zero attached hydrogens (tertiary/aromatic N) is 3. The summed E-state index contributed by atoms with van der Waals surface area (Å²) in [5.74, 6) is 1.64. The predicted octanol–water partition coefficient (Wildman–Crippen LogP) is 2.38. The Kier molecular flexibility index (Phi) is 5.02. The van der Waals surface area contributed by atoms with E-state index in [0.717, 1.165) is 51.3 Å². The molecular weight excluding hydrogens is 362 g/mol. The van der Waals surface area contributed by atoms with E-state index in [-0.39, 0.29) is 12.0 Å². The lowest BCUT2D eigenvalue weighted by molar-refractivity contribution is 0.291. The molecule has 6 heteroatoms. The highest BCUT2D eigenvalue weighted by Crippen LogP contribution is 2.51. The molecule has 0 saturated carbocycles. The minimum Gasteiger partial charge on any atom is -0.395 e. The van der Waals surface area contributed by atoms with Crippen LogP contribution in [-0.4, -0.2) is 47.9 Å². The standard InChI is InChI=1S/C23H31N5O/c1-16-5-6-18-20(16)22(27-15-26-18)28-14-23(7-9-24-10-8-23)21-17(13-25-11-12-29)3-2-4-19(21)28/h2-4,15-16,24-25,29H,5-14H2,1H3. The van der Waals surface area contributed by atoms with Crippen molar-refractivity contribution in [3.05, 3.63) is 46.9 Å². The predicted molar refractivity (Wildman–Crippen MR) is 115 cm³/mol. The molecule has 1 aromatic heterocycles. The van der Waals surface area contributed by atoms with Crippen molar-refractivity contribution in [1.82, 2.24) is 20.6 Å². The lowest BCUT2D eigenvalue weighted by Crippen LogP contribution is -2.43. The van der Waals surface area contributed by atoms with Gasteiger partial charge in [-0.05, 0) is 61.9 Å². The molecule has 154 valence electrons. The molecule has 1 atom stereocenters. The zero-order valence-electron chi connectivity index (χ0n) is 17.2. The second-order valence-corrected chi connectivity index (χ2v) is 8.83. The van der Waals surface area contributed by atoms with E-state index in [1.165, 1.54) is 34.5 Å². The number of aromatic nitrogens is 2. The van der Waals surface area contributed by atoms with Gasteiger partial charge < -0.3 is 20.6 Å². The van der Waals surface area contributed by atoms with E-state index in [9.17, 15) is 5.11 Å². The smallest absolute Gasteiger partial charge is 0.140 e. The van der Waals surface area contributed by atoms with E-state index in [0.29, 0.717) is 12.5 Å². The number of hydrogen-bond donors (Lipinski definition) is 3. The fourth-order valence-electron chi connectivity index (χ4n) is 5.68. The average molecular weight is 394 g/mol. The summed E-state index contributed by atoms with van der Waals surface area (Å²) in [6, 6.07) is 6.70. The maximum atomic E-state index is 9.19. The van der Waals surface area contributed by atoms with Crippen molar-refractivity contribution in [3.63, 3.8) is 0 Å². The van der Waals surface area contributed by atoms with E-state index in [4.69, 9.17) is 4.98 Å². The Morgan fingerprint density at radius 2 is 2.14 bits per heavy atom. The summed E-state index contributed by atoms with van der Waals surface area (Å²) in [5.41, 5.74) is 6.92. The zero-order chi connectivity index (χ0) is 19.8. The second kappa shape index (κ2) is 7.67. The average Bonchev–Trinajstić information content (AvgIpc) is 3.28. The van der Waals surface area contributed by atoms with Crippen LogP contribution in [0.5, 0.6) is 0 Å². The quantitative estimate of drug-likeness (QED) is 0.678. The Morgan fingerprint density at radius 1 is 1.28 bits per heavy atom. The zero-order valence-corrected chi connectivity index (χ0v) is 17.2. The van der Waals surface area contributed by atoms with E-state index in [2.05, 4.69) is 45.6 Å². The third kappa shape index (κ3) is 3.14. The molecule has 0 bridgehead atoms. The van der Waals surface area contributed by atoms with Crippen molar-refractivity contribution in [2.75, 3.05) is 37.7 Å². The largest absolute Gasteiger partial charge is 0.395 e. The first-order chi connectivity index (χ1) is 14.2. The highest BCUT2D eigenvalue weighted by Gasteiger charge is 2.46. The van der Waals surface area contributed by atoms with Gasteiger partial charge in [-0.2, -0.15) is 0 Å². The van der Waals surface area contributed by atoms with E-state index in [1.54, 1.807) is 6.33 Å². The normalized spacial score (nSPS) is 22.1. The van der Waals surface area contributed by atoms with Gasteiger partial charge in [0.15, 0.2) is 0 Å². The molecule has 5 rings (SSSR count). The van der Waals surface area contributed by atoms with Crippen LogP contribution < -0.4 is 15.5 Å². The molecule has 2 aliphatic heterocycles. The summed E-state index contributed by atoms with van der Waals surface area (Å²) < 4.78 is 0. The van der Waals surface area contributed by atoms with Crippen LogP contribution in [0.25, 0.3) is 0 Å². The molecule has 6 nitrogen and oxygen atoms in total. The molecule has 29 heavy (non-hydrogen) atoms. The highest BCUT2D eigenvalue weighted by atomic mass is 16.3. The SMILES string of the molecule is CC1CCc2ncnc(N3CC4(CCNCC4)c4c(CNCCO)cccc43)c21. The molecule has 0 radical (unpaired) electrons. The van der Waals surface area contributed by atoms with Crippen LogP contribution in [0.1, 0.15) is 54.5 Å². The third-order valence-electron chi connectivity index (χ3n) is 7.08. The number of aliphatic hydroxyl groups excluding tert-OH is 1. The lowest BCUT2D eigenvalue weighted by Gasteiger charge is -2.36. The van der Waals surface area contributed by atoms with Gasteiger partial charge in [0.05, 0.1) is 6.61 Å². The van der Waals surface area contributed by atoms with Crippen LogP contribution in [0.2, 0.25) is 0 Å². The highest BCUT2D eigenvalue weighted by molar-refractivity contribution is 5.75. The number of fused-ring (bicyclic) bond motifs is 3. The van der Waals surface area contributed by atoms with Gasteiger partial charge in [-0.15, -0.1) is 0 Å². The summed E-state index contributed by atoms with van der Waals surface area (Å²) in [6.45, 7) is 7.02. The van der Waals surface area contributed by atoms with E-state index >= 15 is 0 Å². The van der Waals surface area contributed by atoms with Gasteiger partial charge in [0.25, 0.3) is 0 Å². The van der Waals surface area contributed by atoms with Gasteiger partial charge in [0, 0.05) is 42.0 Å². The second-order valence-electron chi connectivity index (χ2n) is 8.83. The number of rotatable bonds is 5. The summed E-state index contributed by atoms with van der Waals surface area (Å²) in [5, 5.41) is 16.1. The molecule has 1 saturated heterocycles. The fraction of sp³-hybridized carbons (Fsp3) is 0.565. The molecule has 3 heterocycles. The van der Waals surface area contributed by atoms with Crippen LogP contribution >= 0.6 is 0 Å². The van der Waals surface area contributed by atoms with Crippen molar-refractivity contribution in [3.8, 4) is 0 Å². The summed E-state index contributed by atoms with van der Waals surface area (Å²) in [7, 11) is 0. The number of anilines is 2. The van der Waals surface area contributed by atoms with Gasteiger partial charge in [-0.25, -0.2) is 9.97 Å². The third-order valence-corrected chi connectivity index (χ3v) is 7.08. The molecule has 3 N–H and O–H groups in total. The number of nitrogens with one attached hydrogen (secondary N) is 2. The number of aryl methyl sites for hydroxylation is 1. The lowest BCUT2D eigenvalue weighted by atomic mass is 9.73. The van der Waals surface area contributed by atoms with Crippen LogP contribution in [0.4, 0.5) is 11.5 Å². The summed E-state index contributed by atoms with van der Waals surface area (Å²) in [6.07, 6.45) is 6.29. The maximum Gasteiger partial charge on any atom is 0.140 e. The number of benzene rings is 1. The van der Waals surface area contributed by atoms with Crippen LogP contribution in [0.3, 0.4) is 0 Å². The van der Waals surface area contributed by atoms with Crippen LogP contribution in [-0.2, 0) is 18.4 Å². The molecular formula is C23H31N5O. The van der Waals surface area contributed by atoms with Crippen molar-refractivity contribution in [2.24, 2.45) is 0 Å². The van der Waals surface area contributed by atoms with E-state index in [1.807, 2.05) is 0 Å². The summed E-state index contributed by atoms with van der Waals surface area (Å²) >= 11 is 0. The van der Waals surface area contributed by atoms with Crippen molar-refractivity contribution in [2.45, 2.75) is 50.5 Å². The minimum atomic E-state index is 0.164. The van der Waals surface area contributed by atoms with Gasteiger partial charge in [0.1, 0.15) is 12.1 Å². The maximum absolute atomic E-state index is 9.19. The van der Waals surface area contributed by atoms with Crippen molar-refractivity contribution in [1.29, 1.82) is 0 Å². The minimum absolute atomic E-state index is 0.164. The van der Waals surface area contributed by atoms with Gasteiger partial charge >= 0.3 is 0 Å². The molecule has 0 amide bonds. The van der Waals surface area contributed by atoms with Crippen LogP contribution in [0, 0.1) is 0 Å². The number of hydrogen-bond acceptors (Lipinski definition) is 6. The summed E-state index contributed by atoms with van der Waals surface area (Å²) in [4.78, 5) is 11.9. The first-order valence-electron chi connectivity index (χ1n) is 11.0. The van der Waals surface area contributed by atoms with Crippen LogP contribution in [0.15, 0.2) is 24.5 Å². The fourth-order valence-corrected chi connectivity index (χ4v) is 5.68. The molecule has 1 unspecified atom stereocenters. The first kappa shape index (κ1) is 19.0. The monoisotopic (exact) mass is 393 g/mol. The Labute approximate surface area is 172 Å². The Morgan fingerprint density at radius 3 is 2.97 bits per heavy atom. The Bertz CT molecular complexity index is 893. The molecule has 1 aromatic carbocycles. The molecule has 1 fully saturated rings. The van der Waals surface area contributed by atoms with Gasteiger partial charge in [-0.1, -0.05) is 19.1 Å². The number of aliphatic hydroxyl groups is 1. The molecule has 3 aliphatic rings. The number of piperidine rings is 1. The molecule has 1 spiro atoms. The topological polar surface area (TPSA) is 73.3 Å². The Hall–Kier alpha value is -2.02. The molecule has 2 aromatic rings. The van der Waals surface area contributed by atoms with E-state index < -0.39 is 0 Å².